The third-order valence-electron chi connectivity index (χ3n) is 3.60. The number of H-pyrrole nitrogens is 1. The van der Waals surface area contributed by atoms with Crippen molar-refractivity contribution in [1.29, 1.82) is 0 Å². The lowest BCUT2D eigenvalue weighted by Gasteiger charge is -2.34. The molecule has 1 N–H and O–H groups in total. The summed E-state index contributed by atoms with van der Waals surface area (Å²) < 4.78 is 34.1. The molecule has 3 rings (SSSR count). The normalized spacial score (nSPS) is 19.0. The van der Waals surface area contributed by atoms with Gasteiger partial charge in [0.25, 0.3) is 5.91 Å². The van der Waals surface area contributed by atoms with Gasteiger partial charge in [-0.3, -0.25) is 9.89 Å². The monoisotopic (exact) mass is 340 g/mol. The smallest absolute Gasteiger partial charge is 0.276 e. The Labute approximate surface area is 132 Å². The van der Waals surface area contributed by atoms with Crippen LogP contribution in [-0.4, -0.2) is 60.6 Å². The Balaban J connectivity index is 1.97. The molecule has 0 aliphatic carbocycles. The van der Waals surface area contributed by atoms with Crippen LogP contribution in [0.4, 0.5) is 0 Å². The van der Waals surface area contributed by atoms with E-state index in [9.17, 15) is 13.2 Å². The summed E-state index contributed by atoms with van der Waals surface area (Å²) in [5.74, 6) is 0.181. The Morgan fingerprint density at radius 3 is 2.91 bits per heavy atom. The minimum atomic E-state index is -3.47. The van der Waals surface area contributed by atoms with E-state index in [2.05, 4.69) is 15.4 Å². The second kappa shape index (κ2) is 5.78. The first-order chi connectivity index (χ1) is 10.9. The quantitative estimate of drug-likeness (QED) is 0.855. The number of nitrogens with one attached hydrogen (secondary N) is 1. The number of aryl methyl sites for hydroxylation is 1. The van der Waals surface area contributed by atoms with Crippen LogP contribution in [0.2, 0.25) is 0 Å². The average Bonchev–Trinajstić information content (AvgIpc) is 3.14. The number of ether oxygens (including phenoxy) is 1. The highest BCUT2D eigenvalue weighted by molar-refractivity contribution is 7.90. The second-order valence-corrected chi connectivity index (χ2v) is 7.32. The Kier molecular flexibility index (Phi) is 3.94. The molecule has 1 aliphatic rings. The molecule has 124 valence electrons. The zero-order valence-corrected chi connectivity index (χ0v) is 13.5. The summed E-state index contributed by atoms with van der Waals surface area (Å²) in [6, 6.07) is 0.958. The van der Waals surface area contributed by atoms with E-state index >= 15 is 0 Å². The summed E-state index contributed by atoms with van der Waals surface area (Å²) in [5, 5.41) is 10.2. The first kappa shape index (κ1) is 15.7. The molecule has 0 spiro atoms. The molecule has 1 saturated heterocycles. The van der Waals surface area contributed by atoms with Crippen molar-refractivity contribution in [2.75, 3.05) is 26.0 Å². The molecule has 0 aromatic carbocycles. The molecule has 9 nitrogen and oxygen atoms in total. The fraction of sp³-hybridized carbons (Fsp3) is 0.462. The fourth-order valence-corrected chi connectivity index (χ4v) is 3.34. The molecule has 3 heterocycles. The molecule has 1 unspecified atom stereocenters. The van der Waals surface area contributed by atoms with E-state index in [1.54, 1.807) is 13.0 Å². The Bertz CT molecular complexity index is 825. The van der Waals surface area contributed by atoms with Crippen LogP contribution in [0.5, 0.6) is 0 Å². The van der Waals surface area contributed by atoms with Crippen LogP contribution in [0.25, 0.3) is 0 Å². The van der Waals surface area contributed by atoms with E-state index in [1.807, 2.05) is 0 Å². The lowest BCUT2D eigenvalue weighted by Crippen LogP contribution is -2.44. The van der Waals surface area contributed by atoms with Crippen molar-refractivity contribution in [3.8, 4) is 0 Å². The highest BCUT2D eigenvalue weighted by atomic mass is 32.2. The zero-order chi connectivity index (χ0) is 16.6. The van der Waals surface area contributed by atoms with Gasteiger partial charge in [0.05, 0.1) is 31.1 Å². The Morgan fingerprint density at radius 1 is 1.48 bits per heavy atom. The molecule has 1 aliphatic heterocycles. The van der Waals surface area contributed by atoms with Gasteiger partial charge in [-0.05, 0) is 6.92 Å². The number of carbonyl (C=O) groups excluding carboxylic acids is 1. The minimum Gasteiger partial charge on any atom is -0.377 e. The van der Waals surface area contributed by atoms with Gasteiger partial charge in [-0.25, -0.2) is 8.42 Å². The van der Waals surface area contributed by atoms with Gasteiger partial charge in [0, 0.05) is 18.9 Å². The first-order valence-corrected chi connectivity index (χ1v) is 8.82. The Hall–Kier alpha value is -2.20. The number of morpholine rings is 1. The molecular formula is C13H16N4O5S. The third-order valence-corrected chi connectivity index (χ3v) is 4.73. The van der Waals surface area contributed by atoms with Crippen molar-refractivity contribution in [2.24, 2.45) is 0 Å². The summed E-state index contributed by atoms with van der Waals surface area (Å²) in [6.07, 6.45) is 2.33. The molecule has 0 bridgehead atoms. The third kappa shape index (κ3) is 2.99. The van der Waals surface area contributed by atoms with Gasteiger partial charge in [-0.2, -0.15) is 5.10 Å². The van der Waals surface area contributed by atoms with E-state index in [-0.39, 0.29) is 23.1 Å². The van der Waals surface area contributed by atoms with E-state index in [1.165, 1.54) is 11.1 Å². The van der Waals surface area contributed by atoms with E-state index < -0.39 is 15.9 Å². The highest BCUT2D eigenvalue weighted by Gasteiger charge is 2.34. The summed E-state index contributed by atoms with van der Waals surface area (Å²) in [6.45, 7) is 2.55. The van der Waals surface area contributed by atoms with Crippen LogP contribution in [-0.2, 0) is 14.6 Å². The zero-order valence-electron chi connectivity index (χ0n) is 12.6. The lowest BCUT2D eigenvalue weighted by molar-refractivity contribution is -0.00518. The second-order valence-electron chi connectivity index (χ2n) is 5.33. The van der Waals surface area contributed by atoms with Crippen LogP contribution >= 0.6 is 0 Å². The number of carbonyl (C=O) groups is 1. The number of amides is 1. The van der Waals surface area contributed by atoms with Gasteiger partial charge in [-0.15, -0.1) is 0 Å². The number of hydrogen-bond donors (Lipinski definition) is 1. The average molecular weight is 340 g/mol. The maximum Gasteiger partial charge on any atom is 0.276 e. The molecule has 2 aromatic heterocycles. The van der Waals surface area contributed by atoms with E-state index in [0.717, 1.165) is 6.26 Å². The van der Waals surface area contributed by atoms with Gasteiger partial charge < -0.3 is 14.2 Å². The topological polar surface area (TPSA) is 118 Å². The number of aromatic nitrogens is 3. The summed E-state index contributed by atoms with van der Waals surface area (Å²) in [5.41, 5.74) is 0.510. The van der Waals surface area contributed by atoms with Gasteiger partial charge in [0.15, 0.2) is 15.5 Å². The first-order valence-electron chi connectivity index (χ1n) is 6.93. The van der Waals surface area contributed by atoms with Crippen LogP contribution in [0.3, 0.4) is 0 Å². The molecule has 10 heteroatoms. The van der Waals surface area contributed by atoms with Gasteiger partial charge in [0.1, 0.15) is 10.7 Å². The van der Waals surface area contributed by atoms with E-state index in [4.69, 9.17) is 9.26 Å². The lowest BCUT2D eigenvalue weighted by atomic mass is 10.1. The predicted molar refractivity (Wildman–Crippen MR) is 77.5 cm³/mol. The largest absolute Gasteiger partial charge is 0.377 e. The molecule has 0 radical (unpaired) electrons. The SMILES string of the molecule is Cc1cc(C(=O)N2CCOCC2c2[nH]ncc2S(C)(=O)=O)no1. The van der Waals surface area contributed by atoms with Crippen molar-refractivity contribution < 1.29 is 22.5 Å². The molecule has 1 atom stereocenters. The number of rotatable bonds is 3. The van der Waals surface area contributed by atoms with Crippen LogP contribution in [0.1, 0.15) is 28.0 Å². The van der Waals surface area contributed by atoms with Crippen molar-refractivity contribution in [3.05, 3.63) is 29.4 Å². The van der Waals surface area contributed by atoms with E-state index in [0.29, 0.717) is 24.6 Å². The van der Waals surface area contributed by atoms with Gasteiger partial charge in [-0.1, -0.05) is 5.16 Å². The molecule has 2 aromatic rings. The number of sulfone groups is 1. The highest BCUT2D eigenvalue weighted by Crippen LogP contribution is 2.29. The van der Waals surface area contributed by atoms with Crippen molar-refractivity contribution in [3.63, 3.8) is 0 Å². The fourth-order valence-electron chi connectivity index (χ4n) is 2.52. The standard InChI is InChI=1S/C13H16N4O5S/c1-8-5-9(16-22-8)13(18)17-3-4-21-7-10(17)12-11(6-14-15-12)23(2,19)20/h5-6,10H,3-4,7H2,1-2H3,(H,14,15). The number of nitrogens with zero attached hydrogens (tertiary/aromatic N) is 3. The maximum absolute atomic E-state index is 12.6. The molecule has 23 heavy (non-hydrogen) atoms. The molecule has 1 amide bonds. The van der Waals surface area contributed by atoms with Gasteiger partial charge >= 0.3 is 0 Å². The van der Waals surface area contributed by atoms with Crippen molar-refractivity contribution >= 4 is 15.7 Å². The maximum atomic E-state index is 12.6. The van der Waals surface area contributed by atoms with Crippen LogP contribution in [0.15, 0.2) is 21.7 Å². The Morgan fingerprint density at radius 2 is 2.26 bits per heavy atom. The number of hydrogen-bond acceptors (Lipinski definition) is 7. The van der Waals surface area contributed by atoms with Crippen molar-refractivity contribution in [1.82, 2.24) is 20.3 Å². The summed E-state index contributed by atoms with van der Waals surface area (Å²) in [4.78, 5) is 14.2. The summed E-state index contributed by atoms with van der Waals surface area (Å²) in [7, 11) is -3.47. The van der Waals surface area contributed by atoms with Crippen LogP contribution < -0.4 is 0 Å². The molecule has 1 fully saturated rings. The van der Waals surface area contributed by atoms with Crippen LogP contribution in [0, 0.1) is 6.92 Å². The van der Waals surface area contributed by atoms with Crippen molar-refractivity contribution in [2.45, 2.75) is 17.9 Å². The number of aromatic amines is 1. The minimum absolute atomic E-state index is 0.0575. The molecular weight excluding hydrogens is 324 g/mol. The van der Waals surface area contributed by atoms with Gasteiger partial charge in [0.2, 0.25) is 0 Å². The summed E-state index contributed by atoms with van der Waals surface area (Å²) >= 11 is 0. The molecule has 0 saturated carbocycles. The predicted octanol–water partition coefficient (Wildman–Crippen LogP) is 0.323.